The summed E-state index contributed by atoms with van der Waals surface area (Å²) in [6.45, 7) is 2.05. The molecule has 0 bridgehead atoms. The van der Waals surface area contributed by atoms with Gasteiger partial charge in [0, 0.05) is 5.56 Å². The number of aryl methyl sites for hydroxylation is 1. The predicted molar refractivity (Wildman–Crippen MR) is 55.1 cm³/mol. The minimum absolute atomic E-state index is 0.482. The largest absolute Gasteiger partial charge is 0.207 e. The summed E-state index contributed by atoms with van der Waals surface area (Å²) >= 11 is 7.08. The molecule has 0 unspecified atom stereocenters. The zero-order valence-corrected chi connectivity index (χ0v) is 8.56. The summed E-state index contributed by atoms with van der Waals surface area (Å²) in [6, 6.07) is 8.13. The molecule has 1 heterocycles. The van der Waals surface area contributed by atoms with E-state index in [0.29, 0.717) is 4.47 Å². The van der Waals surface area contributed by atoms with Gasteiger partial charge in [0.2, 0.25) is 4.47 Å². The van der Waals surface area contributed by atoms with Crippen LogP contribution in [0.2, 0.25) is 4.47 Å². The fourth-order valence-corrected chi connectivity index (χ4v) is 1.85. The SMILES string of the molecule is Cc1ccc(-c2nnc(Cl)s2)cc1. The highest BCUT2D eigenvalue weighted by atomic mass is 35.5. The highest BCUT2D eigenvalue weighted by molar-refractivity contribution is 7.18. The lowest BCUT2D eigenvalue weighted by Crippen LogP contribution is -1.76. The summed E-state index contributed by atoms with van der Waals surface area (Å²) in [6.07, 6.45) is 0. The molecule has 13 heavy (non-hydrogen) atoms. The lowest BCUT2D eigenvalue weighted by molar-refractivity contribution is 1.10. The minimum atomic E-state index is 0.482. The second kappa shape index (κ2) is 3.44. The van der Waals surface area contributed by atoms with Crippen molar-refractivity contribution in [1.82, 2.24) is 10.2 Å². The molecule has 66 valence electrons. The average molecular weight is 211 g/mol. The molecule has 1 aromatic carbocycles. The first kappa shape index (κ1) is 8.66. The van der Waals surface area contributed by atoms with Gasteiger partial charge in [-0.2, -0.15) is 0 Å². The third kappa shape index (κ3) is 1.87. The summed E-state index contributed by atoms with van der Waals surface area (Å²) in [4.78, 5) is 0. The number of hydrogen-bond acceptors (Lipinski definition) is 3. The molecule has 0 spiro atoms. The fraction of sp³-hybridized carbons (Fsp3) is 0.111. The van der Waals surface area contributed by atoms with Crippen LogP contribution < -0.4 is 0 Å². The van der Waals surface area contributed by atoms with Gasteiger partial charge in [-0.25, -0.2) is 0 Å². The van der Waals surface area contributed by atoms with Crippen molar-refractivity contribution in [2.45, 2.75) is 6.92 Å². The molecule has 0 fully saturated rings. The van der Waals surface area contributed by atoms with E-state index in [9.17, 15) is 0 Å². The Labute approximate surface area is 85.2 Å². The first-order chi connectivity index (χ1) is 6.25. The number of rotatable bonds is 1. The molecule has 0 radical (unpaired) electrons. The summed E-state index contributed by atoms with van der Waals surface area (Å²) < 4.78 is 0.482. The van der Waals surface area contributed by atoms with Crippen LogP contribution in [0.4, 0.5) is 0 Å². The number of nitrogens with zero attached hydrogens (tertiary/aromatic N) is 2. The van der Waals surface area contributed by atoms with Crippen molar-refractivity contribution in [3.63, 3.8) is 0 Å². The van der Waals surface area contributed by atoms with E-state index >= 15 is 0 Å². The van der Waals surface area contributed by atoms with Crippen molar-refractivity contribution in [1.29, 1.82) is 0 Å². The second-order valence-corrected chi connectivity index (χ2v) is 4.29. The molecule has 2 rings (SSSR count). The Hall–Kier alpha value is -0.930. The Morgan fingerprint density at radius 2 is 1.85 bits per heavy atom. The Morgan fingerprint density at radius 1 is 1.15 bits per heavy atom. The Morgan fingerprint density at radius 3 is 2.38 bits per heavy atom. The number of hydrogen-bond donors (Lipinski definition) is 0. The molecule has 0 saturated heterocycles. The predicted octanol–water partition coefficient (Wildman–Crippen LogP) is 3.17. The van der Waals surface area contributed by atoms with E-state index in [1.54, 1.807) is 0 Å². The first-order valence-corrected chi connectivity index (χ1v) is 5.01. The molecular weight excluding hydrogens is 204 g/mol. The van der Waals surface area contributed by atoms with E-state index in [0.717, 1.165) is 10.6 Å². The van der Waals surface area contributed by atoms with E-state index in [1.165, 1.54) is 16.9 Å². The molecule has 0 saturated carbocycles. The average Bonchev–Trinajstić information content (AvgIpc) is 2.53. The van der Waals surface area contributed by atoms with Crippen LogP contribution in [0.3, 0.4) is 0 Å². The zero-order chi connectivity index (χ0) is 9.26. The number of aromatic nitrogens is 2. The Bertz CT molecular complexity index is 408. The molecule has 0 aliphatic heterocycles. The molecule has 0 N–H and O–H groups in total. The lowest BCUT2D eigenvalue weighted by atomic mass is 10.2. The molecule has 1 aromatic heterocycles. The van der Waals surface area contributed by atoms with Gasteiger partial charge in [-0.05, 0) is 18.5 Å². The van der Waals surface area contributed by atoms with E-state index in [1.807, 2.05) is 24.3 Å². The van der Waals surface area contributed by atoms with Gasteiger partial charge in [0.25, 0.3) is 0 Å². The van der Waals surface area contributed by atoms with E-state index in [2.05, 4.69) is 17.1 Å². The van der Waals surface area contributed by atoms with Crippen molar-refractivity contribution in [2.75, 3.05) is 0 Å². The smallest absolute Gasteiger partial charge is 0.137 e. The van der Waals surface area contributed by atoms with Gasteiger partial charge in [-0.15, -0.1) is 10.2 Å². The first-order valence-electron chi connectivity index (χ1n) is 3.82. The third-order valence-corrected chi connectivity index (χ3v) is 2.77. The monoisotopic (exact) mass is 210 g/mol. The van der Waals surface area contributed by atoms with Crippen LogP contribution in [0.25, 0.3) is 10.6 Å². The summed E-state index contributed by atoms with van der Waals surface area (Å²) in [7, 11) is 0. The van der Waals surface area contributed by atoms with E-state index in [-0.39, 0.29) is 0 Å². The summed E-state index contributed by atoms with van der Waals surface area (Å²) in [5.41, 5.74) is 2.30. The van der Waals surface area contributed by atoms with Crippen LogP contribution in [-0.4, -0.2) is 10.2 Å². The van der Waals surface area contributed by atoms with Gasteiger partial charge in [-0.1, -0.05) is 41.2 Å². The summed E-state index contributed by atoms with van der Waals surface area (Å²) in [5, 5.41) is 8.57. The lowest BCUT2D eigenvalue weighted by Gasteiger charge is -1.94. The molecule has 2 nitrogen and oxygen atoms in total. The normalized spacial score (nSPS) is 10.3. The van der Waals surface area contributed by atoms with Crippen LogP contribution in [-0.2, 0) is 0 Å². The molecule has 4 heteroatoms. The van der Waals surface area contributed by atoms with E-state index < -0.39 is 0 Å². The molecule has 0 aliphatic rings. The van der Waals surface area contributed by atoms with Crippen molar-refractivity contribution >= 4 is 22.9 Å². The van der Waals surface area contributed by atoms with Gasteiger partial charge in [-0.3, -0.25) is 0 Å². The van der Waals surface area contributed by atoms with Crippen molar-refractivity contribution < 1.29 is 0 Å². The van der Waals surface area contributed by atoms with Crippen LogP contribution in [0.15, 0.2) is 24.3 Å². The number of benzene rings is 1. The van der Waals surface area contributed by atoms with Gasteiger partial charge in [0.05, 0.1) is 0 Å². The molecule has 0 atom stereocenters. The van der Waals surface area contributed by atoms with Crippen LogP contribution in [0, 0.1) is 6.92 Å². The zero-order valence-electron chi connectivity index (χ0n) is 6.99. The maximum atomic E-state index is 5.69. The Balaban J connectivity index is 2.41. The highest BCUT2D eigenvalue weighted by Gasteiger charge is 2.03. The molecular formula is C9H7ClN2S. The molecule has 0 aliphatic carbocycles. The van der Waals surface area contributed by atoms with Crippen LogP contribution in [0.1, 0.15) is 5.56 Å². The quantitative estimate of drug-likeness (QED) is 0.723. The van der Waals surface area contributed by atoms with Gasteiger partial charge in [0.15, 0.2) is 0 Å². The summed E-state index contributed by atoms with van der Waals surface area (Å²) in [5.74, 6) is 0. The molecule has 2 aromatic rings. The number of halogens is 1. The second-order valence-electron chi connectivity index (χ2n) is 2.73. The van der Waals surface area contributed by atoms with Crippen LogP contribution in [0.5, 0.6) is 0 Å². The minimum Gasteiger partial charge on any atom is -0.137 e. The van der Waals surface area contributed by atoms with Gasteiger partial charge in [0.1, 0.15) is 5.01 Å². The maximum Gasteiger partial charge on any atom is 0.207 e. The highest BCUT2D eigenvalue weighted by Crippen LogP contribution is 2.25. The van der Waals surface area contributed by atoms with Gasteiger partial charge < -0.3 is 0 Å². The van der Waals surface area contributed by atoms with Crippen molar-refractivity contribution in [3.8, 4) is 10.6 Å². The van der Waals surface area contributed by atoms with E-state index in [4.69, 9.17) is 11.6 Å². The van der Waals surface area contributed by atoms with Crippen LogP contribution >= 0.6 is 22.9 Å². The third-order valence-electron chi connectivity index (χ3n) is 1.70. The standard InChI is InChI=1S/C9H7ClN2S/c1-6-2-4-7(5-3-6)8-11-12-9(10)13-8/h2-5H,1H3. The maximum absolute atomic E-state index is 5.69. The fourth-order valence-electron chi connectivity index (χ4n) is 1.02. The molecule has 0 amide bonds. The van der Waals surface area contributed by atoms with Crippen molar-refractivity contribution in [3.05, 3.63) is 34.3 Å². The van der Waals surface area contributed by atoms with Crippen molar-refractivity contribution in [2.24, 2.45) is 0 Å². The topological polar surface area (TPSA) is 25.8 Å². The Kier molecular flexibility index (Phi) is 2.29. The van der Waals surface area contributed by atoms with Gasteiger partial charge >= 0.3 is 0 Å².